The van der Waals surface area contributed by atoms with Gasteiger partial charge >= 0.3 is 0 Å². The highest BCUT2D eigenvalue weighted by molar-refractivity contribution is 5.77. The number of aryl methyl sites for hydroxylation is 3. The number of anilines is 1. The number of amides is 1. The Morgan fingerprint density at radius 1 is 1.35 bits per heavy atom. The Morgan fingerprint density at radius 3 is 2.52 bits per heavy atom. The zero-order valence-corrected chi connectivity index (χ0v) is 14.2. The summed E-state index contributed by atoms with van der Waals surface area (Å²) in [7, 11) is 1.93. The molecule has 0 unspecified atom stereocenters. The van der Waals surface area contributed by atoms with Crippen LogP contribution in [-0.4, -0.2) is 36.4 Å². The summed E-state index contributed by atoms with van der Waals surface area (Å²) < 4.78 is 3.45. The van der Waals surface area contributed by atoms with Crippen molar-refractivity contribution in [3.63, 3.8) is 0 Å². The molecular weight excluding hydrogens is 292 g/mol. The van der Waals surface area contributed by atoms with Crippen LogP contribution in [0.25, 0.3) is 0 Å². The van der Waals surface area contributed by atoms with Crippen molar-refractivity contribution in [2.24, 2.45) is 7.05 Å². The van der Waals surface area contributed by atoms with Gasteiger partial charge in [0.25, 0.3) is 0 Å². The molecule has 1 saturated carbocycles. The fourth-order valence-electron chi connectivity index (χ4n) is 2.93. The van der Waals surface area contributed by atoms with Gasteiger partial charge in [0.15, 0.2) is 0 Å². The molecule has 2 aromatic heterocycles. The first kappa shape index (κ1) is 15.6. The van der Waals surface area contributed by atoms with Crippen molar-refractivity contribution in [3.8, 4) is 0 Å². The SMILES string of the molecule is Cc1cc(N)n(CC(=O)N(Cc2c(C)nn(C)c2C)C2CC2)n1. The van der Waals surface area contributed by atoms with Crippen molar-refractivity contribution in [1.82, 2.24) is 24.5 Å². The lowest BCUT2D eigenvalue weighted by molar-refractivity contribution is -0.133. The van der Waals surface area contributed by atoms with E-state index in [0.29, 0.717) is 18.4 Å². The van der Waals surface area contributed by atoms with E-state index in [1.807, 2.05) is 37.4 Å². The van der Waals surface area contributed by atoms with Gasteiger partial charge in [-0.1, -0.05) is 0 Å². The van der Waals surface area contributed by atoms with Gasteiger partial charge in [-0.25, -0.2) is 4.68 Å². The van der Waals surface area contributed by atoms with Crippen LogP contribution in [0.5, 0.6) is 0 Å². The van der Waals surface area contributed by atoms with Crippen molar-refractivity contribution >= 4 is 11.7 Å². The van der Waals surface area contributed by atoms with Crippen LogP contribution in [0.4, 0.5) is 5.82 Å². The Morgan fingerprint density at radius 2 is 2.04 bits per heavy atom. The fraction of sp³-hybridized carbons (Fsp3) is 0.562. The van der Waals surface area contributed by atoms with Crippen molar-refractivity contribution in [2.45, 2.75) is 52.7 Å². The minimum atomic E-state index is 0.0601. The quantitative estimate of drug-likeness (QED) is 0.902. The lowest BCUT2D eigenvalue weighted by Gasteiger charge is -2.23. The third-order valence-electron chi connectivity index (χ3n) is 4.51. The number of nitrogens with two attached hydrogens (primary N) is 1. The molecule has 124 valence electrons. The Hall–Kier alpha value is -2.31. The van der Waals surface area contributed by atoms with Crippen molar-refractivity contribution in [3.05, 3.63) is 28.7 Å². The van der Waals surface area contributed by atoms with Gasteiger partial charge in [-0.05, 0) is 33.6 Å². The predicted octanol–water partition coefficient (Wildman–Crippen LogP) is 1.32. The smallest absolute Gasteiger partial charge is 0.244 e. The molecule has 23 heavy (non-hydrogen) atoms. The van der Waals surface area contributed by atoms with Crippen LogP contribution in [0.3, 0.4) is 0 Å². The molecule has 1 amide bonds. The fourth-order valence-corrected chi connectivity index (χ4v) is 2.93. The first-order chi connectivity index (χ1) is 10.9. The van der Waals surface area contributed by atoms with E-state index in [-0.39, 0.29) is 12.5 Å². The molecule has 1 aliphatic carbocycles. The van der Waals surface area contributed by atoms with E-state index >= 15 is 0 Å². The molecule has 7 heteroatoms. The first-order valence-corrected chi connectivity index (χ1v) is 7.95. The monoisotopic (exact) mass is 316 g/mol. The van der Waals surface area contributed by atoms with Gasteiger partial charge in [0.1, 0.15) is 12.4 Å². The molecule has 0 saturated heterocycles. The molecule has 1 fully saturated rings. The summed E-state index contributed by atoms with van der Waals surface area (Å²) in [5.41, 5.74) is 9.96. The van der Waals surface area contributed by atoms with Gasteiger partial charge in [-0.2, -0.15) is 10.2 Å². The second kappa shape index (κ2) is 5.72. The summed E-state index contributed by atoms with van der Waals surface area (Å²) in [6.07, 6.45) is 2.13. The summed E-state index contributed by atoms with van der Waals surface area (Å²) in [5.74, 6) is 0.588. The third kappa shape index (κ3) is 3.09. The van der Waals surface area contributed by atoms with Crippen molar-refractivity contribution < 1.29 is 4.79 Å². The van der Waals surface area contributed by atoms with E-state index < -0.39 is 0 Å². The maximum absolute atomic E-state index is 12.8. The van der Waals surface area contributed by atoms with E-state index in [1.54, 1.807) is 10.7 Å². The largest absolute Gasteiger partial charge is 0.384 e. The molecule has 7 nitrogen and oxygen atoms in total. The summed E-state index contributed by atoms with van der Waals surface area (Å²) >= 11 is 0. The molecule has 0 bridgehead atoms. The lowest BCUT2D eigenvalue weighted by Crippen LogP contribution is -2.36. The van der Waals surface area contributed by atoms with Crippen LogP contribution in [0.2, 0.25) is 0 Å². The van der Waals surface area contributed by atoms with Crippen LogP contribution < -0.4 is 5.73 Å². The molecule has 2 heterocycles. The Balaban J connectivity index is 1.79. The summed E-state index contributed by atoms with van der Waals surface area (Å²) in [6.45, 7) is 6.70. The van der Waals surface area contributed by atoms with Crippen molar-refractivity contribution in [1.29, 1.82) is 0 Å². The third-order valence-corrected chi connectivity index (χ3v) is 4.51. The molecule has 0 aromatic carbocycles. The van der Waals surface area contributed by atoms with Crippen LogP contribution in [0, 0.1) is 20.8 Å². The van der Waals surface area contributed by atoms with Crippen LogP contribution in [-0.2, 0) is 24.9 Å². The highest BCUT2D eigenvalue weighted by Gasteiger charge is 2.33. The molecule has 0 atom stereocenters. The van der Waals surface area contributed by atoms with E-state index in [1.165, 1.54) is 0 Å². The lowest BCUT2D eigenvalue weighted by atomic mass is 10.2. The van der Waals surface area contributed by atoms with Crippen LogP contribution >= 0.6 is 0 Å². The molecule has 3 rings (SSSR count). The number of hydrogen-bond acceptors (Lipinski definition) is 4. The van der Waals surface area contributed by atoms with Gasteiger partial charge in [0.2, 0.25) is 5.91 Å². The standard InChI is InChI=1S/C16H24N6O/c1-10-7-15(17)22(18-10)9-16(23)21(13-5-6-13)8-14-11(2)19-20(4)12(14)3/h7,13H,5-6,8-9,17H2,1-4H3. The molecule has 0 aliphatic heterocycles. The Kier molecular flexibility index (Phi) is 3.87. The molecule has 1 aliphatic rings. The maximum atomic E-state index is 12.8. The van der Waals surface area contributed by atoms with E-state index in [2.05, 4.69) is 10.2 Å². The van der Waals surface area contributed by atoms with Crippen LogP contribution in [0.1, 0.15) is 35.5 Å². The minimum Gasteiger partial charge on any atom is -0.384 e. The van der Waals surface area contributed by atoms with Gasteiger partial charge in [-0.3, -0.25) is 9.48 Å². The van der Waals surface area contributed by atoms with Crippen LogP contribution in [0.15, 0.2) is 6.07 Å². The summed E-state index contributed by atoms with van der Waals surface area (Å²) in [6, 6.07) is 2.11. The van der Waals surface area contributed by atoms with E-state index in [0.717, 1.165) is 35.5 Å². The normalized spacial score (nSPS) is 14.3. The van der Waals surface area contributed by atoms with Gasteiger partial charge in [0.05, 0.1) is 11.4 Å². The zero-order chi connectivity index (χ0) is 16.7. The first-order valence-electron chi connectivity index (χ1n) is 7.95. The summed E-state index contributed by atoms with van der Waals surface area (Å²) in [4.78, 5) is 14.7. The molecule has 0 spiro atoms. The summed E-state index contributed by atoms with van der Waals surface area (Å²) in [5, 5.41) is 8.73. The Labute approximate surface area is 136 Å². The Bertz CT molecular complexity index is 740. The van der Waals surface area contributed by atoms with E-state index in [9.17, 15) is 4.79 Å². The van der Waals surface area contributed by atoms with Crippen molar-refractivity contribution in [2.75, 3.05) is 5.73 Å². The maximum Gasteiger partial charge on any atom is 0.244 e. The number of nitrogen functional groups attached to an aromatic ring is 1. The molecule has 2 aromatic rings. The average Bonchev–Trinajstić information content (AvgIpc) is 3.21. The predicted molar refractivity (Wildman–Crippen MR) is 87.6 cm³/mol. The number of nitrogens with zero attached hydrogens (tertiary/aromatic N) is 5. The minimum absolute atomic E-state index is 0.0601. The number of aromatic nitrogens is 4. The molecule has 0 radical (unpaired) electrons. The molecular formula is C16H24N6O. The van der Waals surface area contributed by atoms with Gasteiger partial charge in [0, 0.05) is 37.0 Å². The highest BCUT2D eigenvalue weighted by Crippen LogP contribution is 2.30. The zero-order valence-electron chi connectivity index (χ0n) is 14.2. The van der Waals surface area contributed by atoms with E-state index in [4.69, 9.17) is 5.73 Å². The topological polar surface area (TPSA) is 82.0 Å². The number of carbonyl (C=O) groups is 1. The number of rotatable bonds is 5. The van der Waals surface area contributed by atoms with Gasteiger partial charge < -0.3 is 10.6 Å². The van der Waals surface area contributed by atoms with Gasteiger partial charge in [-0.15, -0.1) is 0 Å². The number of hydrogen-bond donors (Lipinski definition) is 1. The highest BCUT2D eigenvalue weighted by atomic mass is 16.2. The number of carbonyl (C=O) groups excluding carboxylic acids is 1. The second-order valence-electron chi connectivity index (χ2n) is 6.39. The average molecular weight is 316 g/mol. The molecule has 2 N–H and O–H groups in total. The second-order valence-corrected chi connectivity index (χ2v) is 6.39.